The fraction of sp³-hybridized carbons (Fsp3) is 0.176. The van der Waals surface area contributed by atoms with Crippen molar-refractivity contribution in [1.29, 1.82) is 0 Å². The molecule has 0 heterocycles. The number of hydrogen-bond acceptors (Lipinski definition) is 3. The van der Waals surface area contributed by atoms with E-state index in [0.29, 0.717) is 5.56 Å². The molecule has 0 spiro atoms. The average Bonchev–Trinajstić information content (AvgIpc) is 2.55. The summed E-state index contributed by atoms with van der Waals surface area (Å²) in [5.41, 5.74) is -0.341. The van der Waals surface area contributed by atoms with Crippen LogP contribution in [0.4, 0.5) is 18.9 Å². The zero-order chi connectivity index (χ0) is 17.7. The number of alkyl halides is 3. The number of carbonyl (C=O) groups is 2. The van der Waals surface area contributed by atoms with Gasteiger partial charge in [0.05, 0.1) is 11.1 Å². The Balaban J connectivity index is 1.95. The third kappa shape index (κ3) is 4.58. The summed E-state index contributed by atoms with van der Waals surface area (Å²) in [5.74, 6) is -1.30. The van der Waals surface area contributed by atoms with Crippen molar-refractivity contribution in [2.45, 2.75) is 19.2 Å². The van der Waals surface area contributed by atoms with Crippen molar-refractivity contribution < 1.29 is 27.5 Å². The van der Waals surface area contributed by atoms with E-state index in [1.165, 1.54) is 6.92 Å². The number of carbonyl (C=O) groups excluding carboxylic acids is 2. The molecular formula is C17H14F3NO3. The average molecular weight is 337 g/mol. The van der Waals surface area contributed by atoms with E-state index in [9.17, 15) is 22.8 Å². The normalized spacial score (nSPS) is 12.3. The number of anilines is 1. The SMILES string of the molecule is C[C@@H](OC(=O)c1ccccc1)C(=O)Nc1ccc(C(F)(F)F)cc1. The molecule has 1 atom stereocenters. The van der Waals surface area contributed by atoms with Gasteiger partial charge in [0, 0.05) is 5.69 Å². The van der Waals surface area contributed by atoms with Crippen molar-refractivity contribution >= 4 is 17.6 Å². The molecule has 0 fully saturated rings. The number of halogens is 3. The first-order valence-corrected chi connectivity index (χ1v) is 7.01. The molecule has 24 heavy (non-hydrogen) atoms. The third-order valence-electron chi connectivity index (χ3n) is 3.14. The smallest absolute Gasteiger partial charge is 0.416 e. The van der Waals surface area contributed by atoms with Crippen molar-refractivity contribution in [2.24, 2.45) is 0 Å². The van der Waals surface area contributed by atoms with E-state index in [-0.39, 0.29) is 5.69 Å². The molecule has 126 valence electrons. The Morgan fingerprint density at radius 2 is 1.58 bits per heavy atom. The maximum Gasteiger partial charge on any atom is 0.416 e. The maximum atomic E-state index is 12.5. The second kappa shape index (κ2) is 7.16. The first-order chi connectivity index (χ1) is 11.3. The van der Waals surface area contributed by atoms with Crippen LogP contribution < -0.4 is 5.32 Å². The monoisotopic (exact) mass is 337 g/mol. The molecule has 4 nitrogen and oxygen atoms in total. The number of esters is 1. The van der Waals surface area contributed by atoms with Gasteiger partial charge in [-0.1, -0.05) is 18.2 Å². The first kappa shape index (κ1) is 17.5. The summed E-state index contributed by atoms with van der Waals surface area (Å²) in [6.45, 7) is 1.38. The van der Waals surface area contributed by atoms with Gasteiger partial charge in [-0.2, -0.15) is 13.2 Å². The number of rotatable bonds is 4. The van der Waals surface area contributed by atoms with Gasteiger partial charge in [-0.3, -0.25) is 4.79 Å². The van der Waals surface area contributed by atoms with E-state index in [4.69, 9.17) is 4.74 Å². The summed E-state index contributed by atoms with van der Waals surface area (Å²) >= 11 is 0. The lowest BCUT2D eigenvalue weighted by molar-refractivity contribution is -0.137. The minimum absolute atomic E-state index is 0.176. The molecule has 1 amide bonds. The van der Waals surface area contributed by atoms with Crippen LogP contribution in [0.3, 0.4) is 0 Å². The van der Waals surface area contributed by atoms with E-state index in [0.717, 1.165) is 24.3 Å². The van der Waals surface area contributed by atoms with Crippen LogP contribution in [0.1, 0.15) is 22.8 Å². The number of ether oxygens (including phenoxy) is 1. The van der Waals surface area contributed by atoms with Crippen LogP contribution in [0.2, 0.25) is 0 Å². The highest BCUT2D eigenvalue weighted by molar-refractivity contribution is 5.97. The zero-order valence-corrected chi connectivity index (χ0v) is 12.6. The molecule has 0 aliphatic heterocycles. The molecule has 0 saturated heterocycles. The molecule has 2 rings (SSSR count). The quantitative estimate of drug-likeness (QED) is 0.861. The van der Waals surface area contributed by atoms with Gasteiger partial charge in [-0.05, 0) is 43.3 Å². The van der Waals surface area contributed by atoms with Crippen LogP contribution in [0.15, 0.2) is 54.6 Å². The highest BCUT2D eigenvalue weighted by Gasteiger charge is 2.30. The van der Waals surface area contributed by atoms with Gasteiger partial charge >= 0.3 is 12.1 Å². The molecule has 1 N–H and O–H groups in total. The predicted molar refractivity (Wildman–Crippen MR) is 81.4 cm³/mol. The second-order valence-electron chi connectivity index (χ2n) is 4.98. The van der Waals surface area contributed by atoms with E-state index < -0.39 is 29.7 Å². The predicted octanol–water partition coefficient (Wildman–Crippen LogP) is 3.89. The van der Waals surface area contributed by atoms with Gasteiger partial charge < -0.3 is 10.1 Å². The van der Waals surface area contributed by atoms with Crippen LogP contribution >= 0.6 is 0 Å². The Kier molecular flexibility index (Phi) is 5.23. The molecule has 0 radical (unpaired) electrons. The zero-order valence-electron chi connectivity index (χ0n) is 12.6. The van der Waals surface area contributed by atoms with Gasteiger partial charge in [0.1, 0.15) is 0 Å². The van der Waals surface area contributed by atoms with Crippen LogP contribution in [-0.4, -0.2) is 18.0 Å². The largest absolute Gasteiger partial charge is 0.449 e. The Morgan fingerprint density at radius 3 is 2.12 bits per heavy atom. The molecule has 0 saturated carbocycles. The maximum absolute atomic E-state index is 12.5. The molecule has 0 bridgehead atoms. The molecule has 0 aromatic heterocycles. The molecule has 0 aliphatic carbocycles. The van der Waals surface area contributed by atoms with E-state index in [1.807, 2.05) is 0 Å². The Hall–Kier alpha value is -2.83. The summed E-state index contributed by atoms with van der Waals surface area (Å²) in [6.07, 6.45) is -5.54. The lowest BCUT2D eigenvalue weighted by Crippen LogP contribution is -2.30. The Bertz CT molecular complexity index is 712. The van der Waals surface area contributed by atoms with Crippen molar-refractivity contribution in [3.63, 3.8) is 0 Å². The lowest BCUT2D eigenvalue weighted by atomic mass is 10.2. The van der Waals surface area contributed by atoms with E-state index >= 15 is 0 Å². The summed E-state index contributed by atoms with van der Waals surface area (Å²) in [4.78, 5) is 23.8. The van der Waals surface area contributed by atoms with Crippen LogP contribution in [-0.2, 0) is 15.7 Å². The van der Waals surface area contributed by atoms with Gasteiger partial charge in [0.2, 0.25) is 0 Å². The standard InChI is InChI=1S/C17H14F3NO3/c1-11(24-16(23)12-5-3-2-4-6-12)15(22)21-14-9-7-13(8-10-14)17(18,19)20/h2-11H,1H3,(H,21,22)/t11-/m1/s1. The summed E-state index contributed by atoms with van der Waals surface area (Å²) < 4.78 is 42.4. The van der Waals surface area contributed by atoms with Crippen molar-refractivity contribution in [2.75, 3.05) is 5.32 Å². The van der Waals surface area contributed by atoms with E-state index in [1.54, 1.807) is 30.3 Å². The summed E-state index contributed by atoms with van der Waals surface area (Å²) in [5, 5.41) is 2.39. The number of nitrogens with one attached hydrogen (secondary N) is 1. The van der Waals surface area contributed by atoms with Crippen LogP contribution in [0.25, 0.3) is 0 Å². The highest BCUT2D eigenvalue weighted by atomic mass is 19.4. The van der Waals surface area contributed by atoms with Crippen molar-refractivity contribution in [1.82, 2.24) is 0 Å². The summed E-state index contributed by atoms with van der Waals surface area (Å²) in [7, 11) is 0. The molecule has 2 aromatic carbocycles. The number of benzene rings is 2. The number of amides is 1. The van der Waals surface area contributed by atoms with Crippen LogP contribution in [0.5, 0.6) is 0 Å². The van der Waals surface area contributed by atoms with Gasteiger partial charge in [-0.25, -0.2) is 4.79 Å². The lowest BCUT2D eigenvalue weighted by Gasteiger charge is -2.14. The molecule has 7 heteroatoms. The molecular weight excluding hydrogens is 323 g/mol. The number of hydrogen-bond donors (Lipinski definition) is 1. The first-order valence-electron chi connectivity index (χ1n) is 7.01. The molecule has 2 aromatic rings. The fourth-order valence-electron chi connectivity index (χ4n) is 1.84. The third-order valence-corrected chi connectivity index (χ3v) is 3.14. The van der Waals surface area contributed by atoms with Gasteiger partial charge in [0.25, 0.3) is 5.91 Å². The van der Waals surface area contributed by atoms with E-state index in [2.05, 4.69) is 5.32 Å². The highest BCUT2D eigenvalue weighted by Crippen LogP contribution is 2.29. The Labute approximate surface area is 136 Å². The minimum atomic E-state index is -4.44. The fourth-order valence-corrected chi connectivity index (χ4v) is 1.84. The minimum Gasteiger partial charge on any atom is -0.449 e. The molecule has 0 unspecified atom stereocenters. The topological polar surface area (TPSA) is 55.4 Å². The molecule has 0 aliphatic rings. The Morgan fingerprint density at radius 1 is 1.00 bits per heavy atom. The van der Waals surface area contributed by atoms with Gasteiger partial charge in [0.15, 0.2) is 6.10 Å². The van der Waals surface area contributed by atoms with Gasteiger partial charge in [-0.15, -0.1) is 0 Å². The summed E-state index contributed by atoms with van der Waals surface area (Å²) in [6, 6.07) is 12.1. The van der Waals surface area contributed by atoms with Crippen molar-refractivity contribution in [3.8, 4) is 0 Å². The second-order valence-corrected chi connectivity index (χ2v) is 4.98. The van der Waals surface area contributed by atoms with Crippen LogP contribution in [0, 0.1) is 0 Å². The van der Waals surface area contributed by atoms with Crippen molar-refractivity contribution in [3.05, 3.63) is 65.7 Å².